The fraction of sp³-hybridized carbons (Fsp3) is 0.316. The lowest BCUT2D eigenvalue weighted by Gasteiger charge is -2.12. The van der Waals surface area contributed by atoms with Crippen molar-refractivity contribution in [1.29, 1.82) is 0 Å². The van der Waals surface area contributed by atoms with Crippen molar-refractivity contribution in [3.05, 3.63) is 51.9 Å². The molecule has 3 aromatic rings. The summed E-state index contributed by atoms with van der Waals surface area (Å²) < 4.78 is 15.6. The van der Waals surface area contributed by atoms with Crippen LogP contribution in [-0.4, -0.2) is 27.8 Å². The maximum atomic E-state index is 13.7. The molecule has 0 aliphatic carbocycles. The largest absolute Gasteiger partial charge is 0.355 e. The second-order valence-corrected chi connectivity index (χ2v) is 8.33. The van der Waals surface area contributed by atoms with E-state index in [1.54, 1.807) is 23.6 Å². The SMILES string of the molecule is CC(C)CCNC(=O)CSc1nc2ccsc2c(=O)n1-c1cccc(F)c1. The Labute approximate surface area is 164 Å². The Balaban J connectivity index is 1.89. The van der Waals surface area contributed by atoms with Crippen LogP contribution in [-0.2, 0) is 4.79 Å². The molecule has 1 aromatic carbocycles. The van der Waals surface area contributed by atoms with E-state index >= 15 is 0 Å². The number of benzene rings is 1. The first-order chi connectivity index (χ1) is 13.0. The molecule has 0 atom stereocenters. The van der Waals surface area contributed by atoms with Crippen LogP contribution < -0.4 is 10.9 Å². The van der Waals surface area contributed by atoms with Crippen LogP contribution in [0.4, 0.5) is 4.39 Å². The first-order valence-corrected chi connectivity index (χ1v) is 10.5. The van der Waals surface area contributed by atoms with Crippen LogP contribution in [0, 0.1) is 11.7 Å². The van der Waals surface area contributed by atoms with Gasteiger partial charge in [0.25, 0.3) is 5.56 Å². The highest BCUT2D eigenvalue weighted by molar-refractivity contribution is 7.99. The predicted octanol–water partition coefficient (Wildman–Crippen LogP) is 3.84. The summed E-state index contributed by atoms with van der Waals surface area (Å²) in [6, 6.07) is 7.57. The molecule has 0 fully saturated rings. The van der Waals surface area contributed by atoms with Crippen molar-refractivity contribution in [2.24, 2.45) is 5.92 Å². The number of carbonyl (C=O) groups excluding carboxylic acids is 1. The quantitative estimate of drug-likeness (QED) is 0.479. The number of rotatable bonds is 7. The summed E-state index contributed by atoms with van der Waals surface area (Å²) in [5, 5.41) is 5.03. The summed E-state index contributed by atoms with van der Waals surface area (Å²) in [7, 11) is 0. The van der Waals surface area contributed by atoms with Crippen molar-refractivity contribution >= 4 is 39.2 Å². The number of amides is 1. The van der Waals surface area contributed by atoms with Crippen LogP contribution in [0.25, 0.3) is 15.9 Å². The third-order valence-electron chi connectivity index (χ3n) is 3.89. The molecule has 3 rings (SSSR count). The van der Waals surface area contributed by atoms with E-state index in [1.807, 2.05) is 0 Å². The summed E-state index contributed by atoms with van der Waals surface area (Å²) in [5.41, 5.74) is 0.717. The van der Waals surface area contributed by atoms with Crippen molar-refractivity contribution in [1.82, 2.24) is 14.9 Å². The van der Waals surface area contributed by atoms with Crippen LogP contribution in [0.3, 0.4) is 0 Å². The number of halogens is 1. The highest BCUT2D eigenvalue weighted by Crippen LogP contribution is 2.23. The van der Waals surface area contributed by atoms with Gasteiger partial charge >= 0.3 is 0 Å². The summed E-state index contributed by atoms with van der Waals surface area (Å²) >= 11 is 2.46. The molecule has 0 radical (unpaired) electrons. The van der Waals surface area contributed by atoms with Gasteiger partial charge in [-0.25, -0.2) is 9.37 Å². The van der Waals surface area contributed by atoms with E-state index in [2.05, 4.69) is 24.1 Å². The van der Waals surface area contributed by atoms with Gasteiger partial charge in [-0.1, -0.05) is 31.7 Å². The molecular weight excluding hydrogens is 385 g/mol. The van der Waals surface area contributed by atoms with Gasteiger partial charge in [-0.3, -0.25) is 14.2 Å². The number of thioether (sulfide) groups is 1. The zero-order chi connectivity index (χ0) is 19.4. The smallest absolute Gasteiger partial charge is 0.276 e. The van der Waals surface area contributed by atoms with Crippen molar-refractivity contribution in [2.75, 3.05) is 12.3 Å². The van der Waals surface area contributed by atoms with Crippen LogP contribution in [0.2, 0.25) is 0 Å². The average molecular weight is 406 g/mol. The van der Waals surface area contributed by atoms with Crippen LogP contribution >= 0.6 is 23.1 Å². The van der Waals surface area contributed by atoms with Crippen molar-refractivity contribution in [3.63, 3.8) is 0 Å². The number of aromatic nitrogens is 2. The Morgan fingerprint density at radius 1 is 1.37 bits per heavy atom. The minimum Gasteiger partial charge on any atom is -0.355 e. The number of hydrogen-bond acceptors (Lipinski definition) is 5. The number of nitrogens with one attached hydrogen (secondary N) is 1. The molecule has 0 saturated heterocycles. The Bertz CT molecular complexity index is 1010. The molecule has 8 heteroatoms. The molecule has 0 unspecified atom stereocenters. The number of hydrogen-bond donors (Lipinski definition) is 1. The number of carbonyl (C=O) groups is 1. The Kier molecular flexibility index (Phi) is 6.28. The normalized spacial score (nSPS) is 11.3. The molecule has 5 nitrogen and oxygen atoms in total. The monoisotopic (exact) mass is 405 g/mol. The third kappa shape index (κ3) is 4.75. The average Bonchev–Trinajstić information content (AvgIpc) is 3.08. The standard InChI is InChI=1S/C19H20FN3O2S2/c1-12(2)6-8-21-16(24)11-27-19-22-15-7-9-26-17(15)18(25)23(19)14-5-3-4-13(20)10-14/h3-5,7,9-10,12H,6,8,11H2,1-2H3,(H,21,24). The molecule has 27 heavy (non-hydrogen) atoms. The number of fused-ring (bicyclic) bond motifs is 1. The topological polar surface area (TPSA) is 64.0 Å². The van der Waals surface area contributed by atoms with Crippen LogP contribution in [0.15, 0.2) is 45.7 Å². The molecule has 0 saturated carbocycles. The van der Waals surface area contributed by atoms with E-state index < -0.39 is 5.82 Å². The van der Waals surface area contributed by atoms with Gasteiger partial charge in [0.15, 0.2) is 5.16 Å². The molecule has 142 valence electrons. The lowest BCUT2D eigenvalue weighted by Crippen LogP contribution is -2.27. The van der Waals surface area contributed by atoms with E-state index in [9.17, 15) is 14.0 Å². The first-order valence-electron chi connectivity index (χ1n) is 8.61. The molecular formula is C19H20FN3O2S2. The van der Waals surface area contributed by atoms with E-state index in [0.29, 0.717) is 33.5 Å². The van der Waals surface area contributed by atoms with E-state index in [-0.39, 0.29) is 17.2 Å². The third-order valence-corrected chi connectivity index (χ3v) is 5.72. The fourth-order valence-electron chi connectivity index (χ4n) is 2.51. The Morgan fingerprint density at radius 2 is 2.19 bits per heavy atom. The van der Waals surface area contributed by atoms with Gasteiger partial charge in [-0.05, 0) is 42.0 Å². The molecule has 0 spiro atoms. The molecule has 0 aliphatic rings. The minimum absolute atomic E-state index is 0.119. The second-order valence-electron chi connectivity index (χ2n) is 6.47. The second kappa shape index (κ2) is 8.67. The van der Waals surface area contributed by atoms with Gasteiger partial charge in [0.05, 0.1) is 17.0 Å². The molecule has 2 aromatic heterocycles. The maximum Gasteiger partial charge on any atom is 0.276 e. The van der Waals surface area contributed by atoms with E-state index in [4.69, 9.17) is 0 Å². The summed E-state index contributed by atoms with van der Waals surface area (Å²) in [4.78, 5) is 29.5. The summed E-state index contributed by atoms with van der Waals surface area (Å²) in [6.07, 6.45) is 0.906. The predicted molar refractivity (Wildman–Crippen MR) is 108 cm³/mol. The van der Waals surface area contributed by atoms with Crippen LogP contribution in [0.5, 0.6) is 0 Å². The molecule has 0 bridgehead atoms. The van der Waals surface area contributed by atoms with Gasteiger partial charge in [-0.15, -0.1) is 11.3 Å². The highest BCUT2D eigenvalue weighted by Gasteiger charge is 2.16. The van der Waals surface area contributed by atoms with Gasteiger partial charge < -0.3 is 5.32 Å². The lowest BCUT2D eigenvalue weighted by molar-refractivity contribution is -0.118. The molecule has 1 amide bonds. The first kappa shape index (κ1) is 19.6. The van der Waals surface area contributed by atoms with Crippen molar-refractivity contribution < 1.29 is 9.18 Å². The molecule has 1 N–H and O–H groups in total. The molecule has 2 heterocycles. The molecule has 0 aliphatic heterocycles. The maximum absolute atomic E-state index is 13.7. The Morgan fingerprint density at radius 3 is 2.93 bits per heavy atom. The number of nitrogens with zero attached hydrogens (tertiary/aromatic N) is 2. The van der Waals surface area contributed by atoms with Crippen molar-refractivity contribution in [3.8, 4) is 5.69 Å². The van der Waals surface area contributed by atoms with Crippen molar-refractivity contribution in [2.45, 2.75) is 25.4 Å². The van der Waals surface area contributed by atoms with E-state index in [0.717, 1.165) is 6.42 Å². The van der Waals surface area contributed by atoms with Crippen LogP contribution in [0.1, 0.15) is 20.3 Å². The summed E-state index contributed by atoms with van der Waals surface area (Å²) in [5.74, 6) is 0.0908. The minimum atomic E-state index is -0.437. The van der Waals surface area contributed by atoms with Gasteiger partial charge in [0.1, 0.15) is 10.5 Å². The lowest BCUT2D eigenvalue weighted by atomic mass is 10.1. The van der Waals surface area contributed by atoms with Gasteiger partial charge in [0.2, 0.25) is 5.91 Å². The highest BCUT2D eigenvalue weighted by atomic mass is 32.2. The zero-order valence-electron chi connectivity index (χ0n) is 15.1. The Hall–Kier alpha value is -2.19. The van der Waals surface area contributed by atoms with Gasteiger partial charge in [-0.2, -0.15) is 0 Å². The van der Waals surface area contributed by atoms with E-state index in [1.165, 1.54) is 39.8 Å². The zero-order valence-corrected chi connectivity index (χ0v) is 16.7. The fourth-order valence-corrected chi connectivity index (χ4v) is 4.12. The summed E-state index contributed by atoms with van der Waals surface area (Å²) in [6.45, 7) is 4.81. The van der Waals surface area contributed by atoms with Gasteiger partial charge in [0, 0.05) is 6.54 Å². The number of thiophene rings is 1.